The summed E-state index contributed by atoms with van der Waals surface area (Å²) in [6.07, 6.45) is 3.30. The minimum absolute atomic E-state index is 0.0356. The van der Waals surface area contributed by atoms with Crippen molar-refractivity contribution < 1.29 is 13.2 Å². The van der Waals surface area contributed by atoms with Crippen molar-refractivity contribution in [3.8, 4) is 11.4 Å². The number of hydrogen-bond donors (Lipinski definition) is 0. The van der Waals surface area contributed by atoms with Gasteiger partial charge in [-0.05, 0) is 61.6 Å². The number of fused-ring (bicyclic) bond motifs is 1. The summed E-state index contributed by atoms with van der Waals surface area (Å²) in [5.41, 5.74) is 3.61. The number of benzene rings is 2. The third-order valence-corrected chi connectivity index (χ3v) is 8.11. The van der Waals surface area contributed by atoms with Gasteiger partial charge in [-0.15, -0.1) is 10.2 Å². The van der Waals surface area contributed by atoms with E-state index in [1.54, 1.807) is 27.4 Å². The second kappa shape index (κ2) is 8.68. The van der Waals surface area contributed by atoms with Crippen LogP contribution in [0.15, 0.2) is 47.4 Å². The predicted molar refractivity (Wildman–Crippen MR) is 123 cm³/mol. The molecule has 0 bridgehead atoms. The van der Waals surface area contributed by atoms with Crippen LogP contribution >= 0.6 is 0 Å². The molecule has 5 rings (SSSR count). The summed E-state index contributed by atoms with van der Waals surface area (Å²) >= 11 is 0. The van der Waals surface area contributed by atoms with Gasteiger partial charge in [0.2, 0.25) is 15.8 Å². The third kappa shape index (κ3) is 4.28. The largest absolute Gasteiger partial charge is 0.310 e. The summed E-state index contributed by atoms with van der Waals surface area (Å²) in [7, 11) is -3.49. The van der Waals surface area contributed by atoms with Crippen LogP contribution in [0, 0.1) is 6.92 Å². The van der Waals surface area contributed by atoms with Gasteiger partial charge in [-0.3, -0.25) is 4.79 Å². The standard InChI is InChI=1S/C23H26N6O3S/c1-17-6-8-18(9-7-17)23-24-26-29(25-23)16-22(30)28-14-4-5-19-15-20(10-11-21(19)28)33(31,32)27-12-2-3-13-27/h6-11,15H,2-5,12-14,16H2,1H3. The average molecular weight is 467 g/mol. The SMILES string of the molecule is Cc1ccc(-c2nnn(CC(=O)N3CCCc4cc(S(=O)(=O)N5CCCC5)ccc43)n2)cc1. The molecule has 172 valence electrons. The smallest absolute Gasteiger partial charge is 0.250 e. The van der Waals surface area contributed by atoms with Gasteiger partial charge in [-0.2, -0.15) is 9.10 Å². The van der Waals surface area contributed by atoms with Crippen molar-refractivity contribution in [3.05, 3.63) is 53.6 Å². The van der Waals surface area contributed by atoms with Crippen LogP contribution in [0.2, 0.25) is 0 Å². The van der Waals surface area contributed by atoms with Crippen molar-refractivity contribution in [2.24, 2.45) is 0 Å². The first-order valence-corrected chi connectivity index (χ1v) is 12.6. The molecule has 1 amide bonds. The van der Waals surface area contributed by atoms with Crippen LogP contribution in [0.25, 0.3) is 11.4 Å². The molecule has 0 spiro atoms. The van der Waals surface area contributed by atoms with Crippen molar-refractivity contribution in [1.82, 2.24) is 24.5 Å². The number of nitrogens with zero attached hydrogens (tertiary/aromatic N) is 6. The number of carbonyl (C=O) groups is 1. The van der Waals surface area contributed by atoms with Crippen LogP contribution in [0.4, 0.5) is 5.69 Å². The Bertz CT molecular complexity index is 1280. The lowest BCUT2D eigenvalue weighted by molar-refractivity contribution is -0.119. The zero-order valence-corrected chi connectivity index (χ0v) is 19.3. The molecule has 0 radical (unpaired) electrons. The number of sulfonamides is 1. The zero-order chi connectivity index (χ0) is 23.0. The van der Waals surface area contributed by atoms with Crippen LogP contribution in [0.5, 0.6) is 0 Å². The van der Waals surface area contributed by atoms with E-state index in [0.717, 1.165) is 48.1 Å². The first-order valence-electron chi connectivity index (χ1n) is 11.2. The Kier molecular flexibility index (Phi) is 5.71. The van der Waals surface area contributed by atoms with Gasteiger partial charge in [-0.1, -0.05) is 29.8 Å². The molecule has 0 unspecified atom stereocenters. The second-order valence-corrected chi connectivity index (χ2v) is 10.5. The highest BCUT2D eigenvalue weighted by molar-refractivity contribution is 7.89. The Hall–Kier alpha value is -3.11. The number of aromatic nitrogens is 4. The summed E-state index contributed by atoms with van der Waals surface area (Å²) in [5.74, 6) is 0.317. The van der Waals surface area contributed by atoms with Crippen LogP contribution in [0.1, 0.15) is 30.4 Å². The van der Waals surface area contributed by atoms with Crippen LogP contribution in [-0.2, 0) is 27.8 Å². The van der Waals surface area contributed by atoms with Gasteiger partial charge in [0, 0.05) is 30.9 Å². The summed E-state index contributed by atoms with van der Waals surface area (Å²) < 4.78 is 27.4. The van der Waals surface area contributed by atoms with E-state index in [1.165, 1.54) is 4.80 Å². The number of aryl methyl sites for hydroxylation is 2. The van der Waals surface area contributed by atoms with E-state index < -0.39 is 10.0 Å². The fraction of sp³-hybridized carbons (Fsp3) is 0.391. The van der Waals surface area contributed by atoms with Crippen molar-refractivity contribution in [2.45, 2.75) is 44.0 Å². The lowest BCUT2D eigenvalue weighted by atomic mass is 10.0. The molecule has 9 nitrogen and oxygen atoms in total. The fourth-order valence-electron chi connectivity index (χ4n) is 4.41. The Balaban J connectivity index is 1.34. The minimum Gasteiger partial charge on any atom is -0.310 e. The van der Waals surface area contributed by atoms with E-state index in [9.17, 15) is 13.2 Å². The molecule has 3 heterocycles. The summed E-state index contributed by atoms with van der Waals surface area (Å²) in [6.45, 7) is 3.68. The number of hydrogen-bond acceptors (Lipinski definition) is 6. The van der Waals surface area contributed by atoms with Crippen molar-refractivity contribution in [3.63, 3.8) is 0 Å². The van der Waals surface area contributed by atoms with Crippen LogP contribution in [0.3, 0.4) is 0 Å². The van der Waals surface area contributed by atoms with Gasteiger partial charge in [0.25, 0.3) is 5.91 Å². The predicted octanol–water partition coefficient (Wildman–Crippen LogP) is 2.41. The first-order chi connectivity index (χ1) is 15.9. The molecule has 1 fully saturated rings. The molecule has 2 aromatic carbocycles. The topological polar surface area (TPSA) is 101 Å². The van der Waals surface area contributed by atoms with Gasteiger partial charge in [0.05, 0.1) is 4.90 Å². The number of rotatable bonds is 5. The summed E-state index contributed by atoms with van der Waals surface area (Å²) in [6, 6.07) is 12.9. The molecule has 3 aromatic rings. The van der Waals surface area contributed by atoms with Gasteiger partial charge < -0.3 is 4.90 Å². The van der Waals surface area contributed by atoms with Gasteiger partial charge in [-0.25, -0.2) is 8.42 Å². The Morgan fingerprint density at radius 1 is 1.00 bits per heavy atom. The Morgan fingerprint density at radius 2 is 1.76 bits per heavy atom. The van der Waals surface area contributed by atoms with Crippen molar-refractivity contribution >= 4 is 21.6 Å². The minimum atomic E-state index is -3.49. The van der Waals surface area contributed by atoms with E-state index in [1.807, 2.05) is 31.2 Å². The Morgan fingerprint density at radius 3 is 2.52 bits per heavy atom. The van der Waals surface area contributed by atoms with E-state index in [4.69, 9.17) is 0 Å². The fourth-order valence-corrected chi connectivity index (χ4v) is 5.97. The lowest BCUT2D eigenvalue weighted by Crippen LogP contribution is -2.38. The highest BCUT2D eigenvalue weighted by Crippen LogP contribution is 2.31. The molecular weight excluding hydrogens is 440 g/mol. The van der Waals surface area contributed by atoms with E-state index in [2.05, 4.69) is 15.4 Å². The molecule has 0 atom stereocenters. The van der Waals surface area contributed by atoms with E-state index in [0.29, 0.717) is 30.4 Å². The number of amides is 1. The van der Waals surface area contributed by atoms with Crippen LogP contribution < -0.4 is 4.90 Å². The maximum absolute atomic E-state index is 13.1. The third-order valence-electron chi connectivity index (χ3n) is 6.21. The lowest BCUT2D eigenvalue weighted by Gasteiger charge is -2.30. The number of tetrazole rings is 1. The molecule has 10 heteroatoms. The monoisotopic (exact) mass is 466 g/mol. The highest BCUT2D eigenvalue weighted by Gasteiger charge is 2.30. The zero-order valence-electron chi connectivity index (χ0n) is 18.5. The molecule has 2 aliphatic rings. The maximum atomic E-state index is 13.1. The molecule has 0 N–H and O–H groups in total. The number of anilines is 1. The van der Waals surface area contributed by atoms with Gasteiger partial charge in [0.1, 0.15) is 6.54 Å². The highest BCUT2D eigenvalue weighted by atomic mass is 32.2. The molecule has 1 saturated heterocycles. The summed E-state index contributed by atoms with van der Waals surface area (Å²) in [4.78, 5) is 16.4. The van der Waals surface area contributed by atoms with Gasteiger partial charge >= 0.3 is 0 Å². The molecule has 33 heavy (non-hydrogen) atoms. The summed E-state index contributed by atoms with van der Waals surface area (Å²) in [5, 5.41) is 12.5. The molecule has 1 aromatic heterocycles. The molecular formula is C23H26N6O3S. The van der Waals surface area contributed by atoms with Crippen molar-refractivity contribution in [2.75, 3.05) is 24.5 Å². The van der Waals surface area contributed by atoms with Crippen molar-refractivity contribution in [1.29, 1.82) is 0 Å². The van der Waals surface area contributed by atoms with E-state index >= 15 is 0 Å². The average Bonchev–Trinajstić information content (AvgIpc) is 3.52. The maximum Gasteiger partial charge on any atom is 0.250 e. The van der Waals surface area contributed by atoms with Crippen LogP contribution in [-0.4, -0.2) is 58.5 Å². The Labute approximate surface area is 193 Å². The van der Waals surface area contributed by atoms with Gasteiger partial charge in [0.15, 0.2) is 0 Å². The molecule has 2 aliphatic heterocycles. The van der Waals surface area contributed by atoms with E-state index in [-0.39, 0.29) is 12.5 Å². The molecule has 0 saturated carbocycles. The second-order valence-electron chi connectivity index (χ2n) is 8.56. The molecule has 0 aliphatic carbocycles. The number of carbonyl (C=O) groups excluding carboxylic acids is 1. The first kappa shape index (κ1) is 21.7. The normalized spacial score (nSPS) is 16.7. The quantitative estimate of drug-likeness (QED) is 0.572.